The lowest BCUT2D eigenvalue weighted by atomic mass is 9.94. The molecular weight excluding hydrogens is 472 g/mol. The second-order valence-electron chi connectivity index (χ2n) is 10.9. The smallest absolute Gasteiger partial charge is 0.255 e. The van der Waals surface area contributed by atoms with Crippen molar-refractivity contribution in [2.24, 2.45) is 11.8 Å². The zero-order chi connectivity index (χ0) is 25.9. The second-order valence-corrected chi connectivity index (χ2v) is 10.9. The number of fused-ring (bicyclic) bond motifs is 1. The summed E-state index contributed by atoms with van der Waals surface area (Å²) in [6, 6.07) is 5.45. The van der Waals surface area contributed by atoms with Gasteiger partial charge in [0.1, 0.15) is 6.04 Å². The van der Waals surface area contributed by atoms with Crippen LogP contribution in [0.5, 0.6) is 0 Å². The fourth-order valence-corrected chi connectivity index (χ4v) is 6.61. The highest BCUT2D eigenvalue weighted by atomic mass is 16.5. The quantitative estimate of drug-likeness (QED) is 0.520. The van der Waals surface area contributed by atoms with E-state index in [-0.39, 0.29) is 36.1 Å². The number of ether oxygens (including phenoxy) is 1. The molecule has 2 saturated heterocycles. The molecule has 3 heterocycles. The Morgan fingerprint density at radius 3 is 2.70 bits per heavy atom. The molecule has 1 aromatic carbocycles. The van der Waals surface area contributed by atoms with Crippen molar-refractivity contribution in [3.63, 3.8) is 0 Å². The zero-order valence-corrected chi connectivity index (χ0v) is 21.7. The molecule has 1 aromatic rings. The first-order valence-corrected chi connectivity index (χ1v) is 13.8. The van der Waals surface area contributed by atoms with Crippen LogP contribution in [0.3, 0.4) is 0 Å². The molecule has 9 nitrogen and oxygen atoms in total. The first-order valence-electron chi connectivity index (χ1n) is 13.8. The maximum atomic E-state index is 13.4. The number of nitrogens with zero attached hydrogens (tertiary/aromatic N) is 2. The van der Waals surface area contributed by atoms with Crippen molar-refractivity contribution >= 4 is 29.3 Å². The van der Waals surface area contributed by atoms with Crippen molar-refractivity contribution in [3.8, 4) is 0 Å². The summed E-state index contributed by atoms with van der Waals surface area (Å²) in [5.41, 5.74) is 2.62. The number of anilines is 1. The van der Waals surface area contributed by atoms with E-state index in [1.807, 2.05) is 12.1 Å². The summed E-state index contributed by atoms with van der Waals surface area (Å²) in [4.78, 5) is 54.1. The number of rotatable bonds is 8. The number of piperidine rings is 1. The molecule has 200 valence electrons. The zero-order valence-electron chi connectivity index (χ0n) is 21.7. The van der Waals surface area contributed by atoms with Crippen molar-refractivity contribution in [2.45, 2.75) is 76.4 Å². The van der Waals surface area contributed by atoms with Gasteiger partial charge in [0, 0.05) is 68.5 Å². The Kier molecular flexibility index (Phi) is 7.79. The normalized spacial score (nSPS) is 26.2. The van der Waals surface area contributed by atoms with Crippen LogP contribution in [0.1, 0.15) is 73.7 Å². The number of amides is 4. The van der Waals surface area contributed by atoms with Crippen molar-refractivity contribution < 1.29 is 23.9 Å². The predicted molar refractivity (Wildman–Crippen MR) is 138 cm³/mol. The molecule has 4 aliphatic rings. The Hall–Kier alpha value is -2.94. The first-order chi connectivity index (χ1) is 18.0. The molecule has 1 unspecified atom stereocenters. The van der Waals surface area contributed by atoms with Gasteiger partial charge in [0.25, 0.3) is 5.91 Å². The Morgan fingerprint density at radius 2 is 1.95 bits per heavy atom. The summed E-state index contributed by atoms with van der Waals surface area (Å²) in [6.07, 6.45) is 7.58. The van der Waals surface area contributed by atoms with E-state index < -0.39 is 11.9 Å². The monoisotopic (exact) mass is 510 g/mol. The van der Waals surface area contributed by atoms with Crippen LogP contribution < -0.4 is 15.5 Å². The number of carbonyl (C=O) groups excluding carboxylic acids is 4. The van der Waals surface area contributed by atoms with Gasteiger partial charge in [-0.2, -0.15) is 0 Å². The van der Waals surface area contributed by atoms with E-state index >= 15 is 0 Å². The molecular formula is C28H38N4O5. The van der Waals surface area contributed by atoms with Gasteiger partial charge in [-0.05, 0) is 69.4 Å². The van der Waals surface area contributed by atoms with Gasteiger partial charge in [-0.15, -0.1) is 0 Å². The van der Waals surface area contributed by atoms with E-state index in [2.05, 4.69) is 21.6 Å². The molecule has 0 aromatic heterocycles. The minimum Gasteiger partial charge on any atom is -0.381 e. The van der Waals surface area contributed by atoms with E-state index in [0.29, 0.717) is 24.4 Å². The number of benzene rings is 1. The highest BCUT2D eigenvalue weighted by Gasteiger charge is 2.41. The predicted octanol–water partition coefficient (Wildman–Crippen LogP) is 2.38. The van der Waals surface area contributed by atoms with E-state index in [1.54, 1.807) is 11.9 Å². The Bertz CT molecular complexity index is 1050. The average Bonchev–Trinajstić information content (AvgIpc) is 3.52. The van der Waals surface area contributed by atoms with Crippen LogP contribution in [0.25, 0.3) is 0 Å². The molecule has 2 N–H and O–H groups in total. The van der Waals surface area contributed by atoms with Gasteiger partial charge in [-0.3, -0.25) is 24.5 Å². The van der Waals surface area contributed by atoms with Crippen LogP contribution >= 0.6 is 0 Å². The summed E-state index contributed by atoms with van der Waals surface area (Å²) >= 11 is 0. The molecule has 0 bridgehead atoms. The van der Waals surface area contributed by atoms with E-state index in [4.69, 9.17) is 4.74 Å². The van der Waals surface area contributed by atoms with Gasteiger partial charge < -0.3 is 19.9 Å². The van der Waals surface area contributed by atoms with Crippen LogP contribution in [0.2, 0.25) is 0 Å². The molecule has 37 heavy (non-hydrogen) atoms. The number of hydrogen-bond acceptors (Lipinski definition) is 6. The van der Waals surface area contributed by atoms with Gasteiger partial charge in [-0.25, -0.2) is 0 Å². The van der Waals surface area contributed by atoms with Gasteiger partial charge in [0.05, 0.1) is 0 Å². The Labute approximate surface area is 218 Å². The molecule has 9 heteroatoms. The van der Waals surface area contributed by atoms with Crippen molar-refractivity contribution in [2.75, 3.05) is 31.7 Å². The van der Waals surface area contributed by atoms with E-state index in [1.165, 1.54) is 0 Å². The van der Waals surface area contributed by atoms with Gasteiger partial charge in [-0.1, -0.05) is 6.07 Å². The molecule has 3 aliphatic heterocycles. The van der Waals surface area contributed by atoms with Crippen LogP contribution in [0, 0.1) is 11.8 Å². The largest absolute Gasteiger partial charge is 0.381 e. The number of imide groups is 1. The number of nitrogens with one attached hydrogen (secondary N) is 2. The molecule has 0 spiro atoms. The standard InChI is InChI=1S/C28H38N4O5/c1-29-26(34)19-7-8-20(16-19)31(13-3-4-18-11-14-37-15-12-18)23-6-2-5-21-22(23)17-32(28(21)36)24-9-10-25(33)30-27(24)35/h2,5-6,18-20,24H,3-4,7-17H2,1H3,(H,29,34)(H,30,33,35)/t19-,20+,24?/m0/s1. The summed E-state index contributed by atoms with van der Waals surface area (Å²) in [6.45, 7) is 2.91. The van der Waals surface area contributed by atoms with E-state index in [9.17, 15) is 19.2 Å². The van der Waals surface area contributed by atoms with E-state index in [0.717, 1.165) is 76.0 Å². The lowest BCUT2D eigenvalue weighted by molar-refractivity contribution is -0.137. The molecule has 0 radical (unpaired) electrons. The third-order valence-corrected chi connectivity index (χ3v) is 8.68. The molecule has 1 saturated carbocycles. The fraction of sp³-hybridized carbons (Fsp3) is 0.643. The summed E-state index contributed by atoms with van der Waals surface area (Å²) in [5.74, 6) is -0.0363. The number of hydrogen-bond donors (Lipinski definition) is 2. The SMILES string of the molecule is CNC(=O)[C@H]1CC[C@@H](N(CCCC2CCOCC2)c2cccc3c2CN(C2CCC(=O)NC2=O)C3=O)C1. The molecule has 1 aliphatic carbocycles. The fourth-order valence-electron chi connectivity index (χ4n) is 6.61. The van der Waals surface area contributed by atoms with Gasteiger partial charge >= 0.3 is 0 Å². The van der Waals surface area contributed by atoms with Crippen LogP contribution in [-0.4, -0.2) is 67.4 Å². The summed E-state index contributed by atoms with van der Waals surface area (Å²) in [5, 5.41) is 5.19. The topological polar surface area (TPSA) is 108 Å². The summed E-state index contributed by atoms with van der Waals surface area (Å²) < 4.78 is 5.52. The average molecular weight is 511 g/mol. The maximum absolute atomic E-state index is 13.4. The molecule has 3 fully saturated rings. The minimum absolute atomic E-state index is 0.00589. The summed E-state index contributed by atoms with van der Waals surface area (Å²) in [7, 11) is 1.70. The lowest BCUT2D eigenvalue weighted by Gasteiger charge is -2.34. The highest BCUT2D eigenvalue weighted by Crippen LogP contribution is 2.39. The third kappa shape index (κ3) is 5.37. The Morgan fingerprint density at radius 1 is 1.14 bits per heavy atom. The van der Waals surface area contributed by atoms with Gasteiger partial charge in [0.15, 0.2) is 0 Å². The van der Waals surface area contributed by atoms with Crippen molar-refractivity contribution in [3.05, 3.63) is 29.3 Å². The first kappa shape index (κ1) is 25.7. The third-order valence-electron chi connectivity index (χ3n) is 8.68. The second kappa shape index (κ2) is 11.2. The van der Waals surface area contributed by atoms with Gasteiger partial charge in [0.2, 0.25) is 17.7 Å². The Balaban J connectivity index is 1.37. The minimum atomic E-state index is -0.628. The molecule has 4 amide bonds. The highest BCUT2D eigenvalue weighted by molar-refractivity contribution is 6.06. The van der Waals surface area contributed by atoms with Crippen LogP contribution in [-0.2, 0) is 25.7 Å². The number of carbonyl (C=O) groups is 4. The van der Waals surface area contributed by atoms with Crippen molar-refractivity contribution in [1.29, 1.82) is 0 Å². The maximum Gasteiger partial charge on any atom is 0.255 e. The molecule has 3 atom stereocenters. The van der Waals surface area contributed by atoms with Crippen LogP contribution in [0.15, 0.2) is 18.2 Å². The lowest BCUT2D eigenvalue weighted by Crippen LogP contribution is -2.52. The van der Waals surface area contributed by atoms with Crippen molar-refractivity contribution in [1.82, 2.24) is 15.5 Å². The van der Waals surface area contributed by atoms with Crippen LogP contribution in [0.4, 0.5) is 5.69 Å². The molecule has 5 rings (SSSR count).